The predicted molar refractivity (Wildman–Crippen MR) is 70.2 cm³/mol. The van der Waals surface area contributed by atoms with Crippen LogP contribution in [0.25, 0.3) is 0 Å². The van der Waals surface area contributed by atoms with Crippen molar-refractivity contribution in [2.24, 2.45) is 5.73 Å². The summed E-state index contributed by atoms with van der Waals surface area (Å²) in [6, 6.07) is 7.27. The van der Waals surface area contributed by atoms with Gasteiger partial charge in [0.05, 0.1) is 0 Å². The van der Waals surface area contributed by atoms with Crippen LogP contribution in [0.2, 0.25) is 0 Å². The lowest BCUT2D eigenvalue weighted by molar-refractivity contribution is -0.0498. The number of likely N-dealkylation sites (tertiary alicyclic amines) is 1. The van der Waals surface area contributed by atoms with Gasteiger partial charge in [-0.1, -0.05) is 18.6 Å². The van der Waals surface area contributed by atoms with Gasteiger partial charge in [-0.05, 0) is 37.1 Å². The van der Waals surface area contributed by atoms with Crippen molar-refractivity contribution in [3.8, 4) is 5.75 Å². The second kappa shape index (κ2) is 6.82. The van der Waals surface area contributed by atoms with Crippen LogP contribution >= 0.6 is 0 Å². The summed E-state index contributed by atoms with van der Waals surface area (Å²) in [7, 11) is 0. The molecule has 106 valence electrons. The number of hydrogen-bond donors (Lipinski definition) is 1. The Morgan fingerprint density at radius 3 is 2.63 bits per heavy atom. The molecule has 5 heteroatoms. The third kappa shape index (κ3) is 4.14. The molecule has 0 radical (unpaired) electrons. The van der Waals surface area contributed by atoms with Crippen LogP contribution in [0.5, 0.6) is 5.75 Å². The van der Waals surface area contributed by atoms with E-state index >= 15 is 0 Å². The van der Waals surface area contributed by atoms with E-state index in [-0.39, 0.29) is 5.75 Å². The molecule has 0 bridgehead atoms. The number of ether oxygens (including phenoxy) is 1. The maximum atomic E-state index is 12.0. The minimum absolute atomic E-state index is 0.202. The summed E-state index contributed by atoms with van der Waals surface area (Å²) in [5, 5.41) is 0. The fourth-order valence-electron chi connectivity index (χ4n) is 2.55. The summed E-state index contributed by atoms with van der Waals surface area (Å²) in [4.78, 5) is 2.37. The molecule has 2 N–H and O–H groups in total. The highest BCUT2D eigenvalue weighted by Gasteiger charge is 2.20. The van der Waals surface area contributed by atoms with Gasteiger partial charge in [0.2, 0.25) is 0 Å². The molecule has 0 amide bonds. The molecule has 3 nitrogen and oxygen atoms in total. The van der Waals surface area contributed by atoms with E-state index in [1.165, 1.54) is 12.8 Å². The number of piperidine rings is 1. The standard InChI is InChI=1S/C14H20F2N2O/c15-14(16)19-13-6-4-11(5-7-13)10-18-8-2-1-3-12(18)9-17/h4-7,12,14H,1-3,8-10,17H2. The van der Waals surface area contributed by atoms with Crippen molar-refractivity contribution in [1.29, 1.82) is 0 Å². The molecule has 0 aromatic heterocycles. The molecule has 1 fully saturated rings. The molecule has 1 aliphatic rings. The van der Waals surface area contributed by atoms with Crippen LogP contribution in [-0.4, -0.2) is 30.6 Å². The summed E-state index contributed by atoms with van der Waals surface area (Å²) in [6.07, 6.45) is 3.58. The van der Waals surface area contributed by atoms with E-state index in [4.69, 9.17) is 5.73 Å². The van der Waals surface area contributed by atoms with Crippen LogP contribution in [0.15, 0.2) is 24.3 Å². The summed E-state index contributed by atoms with van der Waals surface area (Å²) >= 11 is 0. The molecule has 1 heterocycles. The number of rotatable bonds is 5. The van der Waals surface area contributed by atoms with Crippen LogP contribution in [0.1, 0.15) is 24.8 Å². The van der Waals surface area contributed by atoms with Crippen molar-refractivity contribution >= 4 is 0 Å². The molecular formula is C14H20F2N2O. The number of nitrogens with zero attached hydrogens (tertiary/aromatic N) is 1. The first-order valence-corrected chi connectivity index (χ1v) is 6.67. The molecule has 1 atom stereocenters. The fourth-order valence-corrected chi connectivity index (χ4v) is 2.55. The number of halogens is 2. The maximum Gasteiger partial charge on any atom is 0.387 e. The van der Waals surface area contributed by atoms with E-state index in [2.05, 4.69) is 9.64 Å². The number of alkyl halides is 2. The lowest BCUT2D eigenvalue weighted by atomic mass is 10.0. The van der Waals surface area contributed by atoms with Crippen molar-refractivity contribution in [1.82, 2.24) is 4.90 Å². The minimum atomic E-state index is -2.77. The SMILES string of the molecule is NCC1CCCCN1Cc1ccc(OC(F)F)cc1. The van der Waals surface area contributed by atoms with E-state index in [1.54, 1.807) is 12.1 Å². The molecule has 1 unspecified atom stereocenters. The quantitative estimate of drug-likeness (QED) is 0.893. The molecule has 0 spiro atoms. The molecule has 0 saturated carbocycles. The molecular weight excluding hydrogens is 250 g/mol. The van der Waals surface area contributed by atoms with Crippen molar-refractivity contribution < 1.29 is 13.5 Å². The van der Waals surface area contributed by atoms with E-state index in [1.807, 2.05) is 12.1 Å². The van der Waals surface area contributed by atoms with E-state index in [0.29, 0.717) is 12.6 Å². The first kappa shape index (κ1) is 14.2. The van der Waals surface area contributed by atoms with Crippen LogP contribution in [0, 0.1) is 0 Å². The summed E-state index contributed by atoms with van der Waals surface area (Å²) in [5.41, 5.74) is 6.88. The lowest BCUT2D eigenvalue weighted by Crippen LogP contribution is -2.43. The zero-order chi connectivity index (χ0) is 13.7. The predicted octanol–water partition coefficient (Wildman–Crippen LogP) is 2.60. The average Bonchev–Trinajstić information content (AvgIpc) is 2.41. The third-order valence-corrected chi connectivity index (χ3v) is 3.56. The Hall–Kier alpha value is -1.20. The van der Waals surface area contributed by atoms with Gasteiger partial charge in [0.1, 0.15) is 5.75 Å². The Labute approximate surface area is 112 Å². The molecule has 2 rings (SSSR count). The van der Waals surface area contributed by atoms with Gasteiger partial charge in [0.25, 0.3) is 0 Å². The Morgan fingerprint density at radius 1 is 1.26 bits per heavy atom. The van der Waals surface area contributed by atoms with Gasteiger partial charge >= 0.3 is 6.61 Å². The van der Waals surface area contributed by atoms with Gasteiger partial charge in [-0.15, -0.1) is 0 Å². The summed E-state index contributed by atoms with van der Waals surface area (Å²) < 4.78 is 28.4. The van der Waals surface area contributed by atoms with E-state index in [0.717, 1.165) is 25.1 Å². The summed E-state index contributed by atoms with van der Waals surface area (Å²) in [5.74, 6) is 0.202. The van der Waals surface area contributed by atoms with Crippen molar-refractivity contribution in [2.75, 3.05) is 13.1 Å². The van der Waals surface area contributed by atoms with Crippen LogP contribution in [0.3, 0.4) is 0 Å². The van der Waals surface area contributed by atoms with Crippen LogP contribution in [-0.2, 0) is 6.54 Å². The number of hydrogen-bond acceptors (Lipinski definition) is 3. The highest BCUT2D eigenvalue weighted by molar-refractivity contribution is 5.27. The maximum absolute atomic E-state index is 12.0. The van der Waals surface area contributed by atoms with Gasteiger partial charge in [0, 0.05) is 19.1 Å². The number of benzene rings is 1. The van der Waals surface area contributed by atoms with E-state index < -0.39 is 6.61 Å². The van der Waals surface area contributed by atoms with Gasteiger partial charge in [-0.25, -0.2) is 0 Å². The topological polar surface area (TPSA) is 38.5 Å². The average molecular weight is 270 g/mol. The normalized spacial score (nSPS) is 20.7. The lowest BCUT2D eigenvalue weighted by Gasteiger charge is -2.35. The van der Waals surface area contributed by atoms with Gasteiger partial charge < -0.3 is 10.5 Å². The largest absolute Gasteiger partial charge is 0.435 e. The van der Waals surface area contributed by atoms with Crippen molar-refractivity contribution in [3.63, 3.8) is 0 Å². The monoisotopic (exact) mass is 270 g/mol. The Morgan fingerprint density at radius 2 is 2.00 bits per heavy atom. The highest BCUT2D eigenvalue weighted by atomic mass is 19.3. The van der Waals surface area contributed by atoms with Crippen molar-refractivity contribution in [3.05, 3.63) is 29.8 Å². The molecule has 1 saturated heterocycles. The van der Waals surface area contributed by atoms with Gasteiger partial charge in [-0.3, -0.25) is 4.90 Å². The second-order valence-electron chi connectivity index (χ2n) is 4.88. The highest BCUT2D eigenvalue weighted by Crippen LogP contribution is 2.21. The van der Waals surface area contributed by atoms with Gasteiger partial charge in [-0.2, -0.15) is 8.78 Å². The zero-order valence-corrected chi connectivity index (χ0v) is 10.9. The fraction of sp³-hybridized carbons (Fsp3) is 0.571. The Bertz CT molecular complexity index is 384. The molecule has 1 aliphatic heterocycles. The van der Waals surface area contributed by atoms with Crippen LogP contribution < -0.4 is 10.5 Å². The Balaban J connectivity index is 1.94. The van der Waals surface area contributed by atoms with Crippen LogP contribution in [0.4, 0.5) is 8.78 Å². The Kier molecular flexibility index (Phi) is 5.10. The molecule has 0 aliphatic carbocycles. The number of nitrogens with two attached hydrogens (primary N) is 1. The molecule has 1 aromatic rings. The zero-order valence-electron chi connectivity index (χ0n) is 10.9. The third-order valence-electron chi connectivity index (χ3n) is 3.56. The van der Waals surface area contributed by atoms with E-state index in [9.17, 15) is 8.78 Å². The minimum Gasteiger partial charge on any atom is -0.435 e. The van der Waals surface area contributed by atoms with Crippen molar-refractivity contribution in [2.45, 2.75) is 38.5 Å². The smallest absolute Gasteiger partial charge is 0.387 e. The summed E-state index contributed by atoms with van der Waals surface area (Å²) in [6.45, 7) is -0.227. The molecule has 19 heavy (non-hydrogen) atoms. The first-order chi connectivity index (χ1) is 9.19. The molecule has 1 aromatic carbocycles. The van der Waals surface area contributed by atoms with Gasteiger partial charge in [0.15, 0.2) is 0 Å². The second-order valence-corrected chi connectivity index (χ2v) is 4.88. The first-order valence-electron chi connectivity index (χ1n) is 6.67.